The van der Waals surface area contributed by atoms with Crippen LogP contribution >= 0.6 is 0 Å². The number of aliphatic hydroxyl groups is 4. The number of rotatable bonds is 5. The van der Waals surface area contributed by atoms with Crippen molar-refractivity contribution in [2.75, 3.05) is 13.2 Å². The molecule has 0 bridgehead atoms. The highest BCUT2D eigenvalue weighted by atomic mass is 16.6. The molecule has 0 aliphatic carbocycles. The Morgan fingerprint density at radius 2 is 1.54 bits per heavy atom. The summed E-state index contributed by atoms with van der Waals surface area (Å²) in [7, 11) is 0. The fraction of sp³-hybridized carbons (Fsp3) is 1.00. The van der Waals surface area contributed by atoms with Gasteiger partial charge in [-0.3, -0.25) is 0 Å². The molecule has 0 amide bonds. The van der Waals surface area contributed by atoms with Gasteiger partial charge in [0.15, 0.2) is 0 Å². The Kier molecular flexibility index (Phi) is 4.20. The zero-order chi connectivity index (χ0) is 10.7. The molecule has 0 aromatic rings. The molecule has 0 saturated heterocycles. The predicted molar refractivity (Wildman–Crippen MR) is 42.5 cm³/mol. The lowest BCUT2D eigenvalue weighted by molar-refractivity contribution is -0.372. The molecule has 0 saturated carbocycles. The summed E-state index contributed by atoms with van der Waals surface area (Å²) in [6.45, 7) is 1.79. The first-order valence-electron chi connectivity index (χ1n) is 3.68. The summed E-state index contributed by atoms with van der Waals surface area (Å²) >= 11 is 0. The fourth-order valence-corrected chi connectivity index (χ4v) is 0.969. The SMILES string of the molecule is CC(O)(O)N(CCON)C(C)(O)O. The van der Waals surface area contributed by atoms with Crippen LogP contribution in [-0.4, -0.2) is 50.3 Å². The minimum absolute atomic E-state index is 0.0621. The zero-order valence-corrected chi connectivity index (χ0v) is 7.64. The highest BCUT2D eigenvalue weighted by molar-refractivity contribution is 4.68. The number of nitrogens with zero attached hydrogens (tertiary/aromatic N) is 1. The average molecular weight is 196 g/mol. The van der Waals surface area contributed by atoms with Crippen molar-refractivity contribution in [1.29, 1.82) is 0 Å². The highest BCUT2D eigenvalue weighted by Gasteiger charge is 2.38. The van der Waals surface area contributed by atoms with E-state index in [1.54, 1.807) is 0 Å². The smallest absolute Gasteiger partial charge is 0.226 e. The van der Waals surface area contributed by atoms with Gasteiger partial charge in [0, 0.05) is 20.4 Å². The first-order valence-corrected chi connectivity index (χ1v) is 3.68. The van der Waals surface area contributed by atoms with Gasteiger partial charge >= 0.3 is 0 Å². The summed E-state index contributed by atoms with van der Waals surface area (Å²) in [6, 6.07) is 0. The molecule has 80 valence electrons. The van der Waals surface area contributed by atoms with Crippen LogP contribution in [0.4, 0.5) is 0 Å². The van der Waals surface area contributed by atoms with E-state index < -0.39 is 11.8 Å². The van der Waals surface area contributed by atoms with Crippen LogP contribution in [0.25, 0.3) is 0 Å². The Morgan fingerprint density at radius 3 is 1.77 bits per heavy atom. The van der Waals surface area contributed by atoms with E-state index in [0.717, 1.165) is 13.8 Å². The van der Waals surface area contributed by atoms with E-state index in [0.29, 0.717) is 4.90 Å². The van der Waals surface area contributed by atoms with Crippen LogP contribution in [0.5, 0.6) is 0 Å². The topological polar surface area (TPSA) is 119 Å². The molecule has 6 N–H and O–H groups in total. The lowest BCUT2D eigenvalue weighted by Crippen LogP contribution is -2.59. The van der Waals surface area contributed by atoms with E-state index in [-0.39, 0.29) is 13.2 Å². The normalized spacial score (nSPS) is 13.8. The maximum Gasteiger partial charge on any atom is 0.226 e. The first-order chi connectivity index (χ1) is 5.69. The van der Waals surface area contributed by atoms with Gasteiger partial charge in [0.25, 0.3) is 0 Å². The van der Waals surface area contributed by atoms with Gasteiger partial charge in [-0.2, -0.15) is 4.90 Å². The van der Waals surface area contributed by atoms with E-state index in [2.05, 4.69) is 4.84 Å². The predicted octanol–water partition coefficient (Wildman–Crippen LogP) is -2.50. The van der Waals surface area contributed by atoms with Gasteiger partial charge in [-0.15, -0.1) is 0 Å². The lowest BCUT2D eigenvalue weighted by Gasteiger charge is -2.38. The van der Waals surface area contributed by atoms with Gasteiger partial charge in [0.2, 0.25) is 11.8 Å². The highest BCUT2D eigenvalue weighted by Crippen LogP contribution is 2.16. The van der Waals surface area contributed by atoms with E-state index in [9.17, 15) is 0 Å². The summed E-state index contributed by atoms with van der Waals surface area (Å²) in [5, 5.41) is 36.4. The first kappa shape index (κ1) is 12.7. The summed E-state index contributed by atoms with van der Waals surface area (Å²) in [5.41, 5.74) is 0. The molecule has 0 radical (unpaired) electrons. The number of nitrogens with two attached hydrogens (primary N) is 1. The third-order valence-corrected chi connectivity index (χ3v) is 1.46. The Morgan fingerprint density at radius 1 is 1.15 bits per heavy atom. The summed E-state index contributed by atoms with van der Waals surface area (Å²) in [5.74, 6) is 0.00934. The molecule has 0 aromatic heterocycles. The molecule has 0 spiro atoms. The molecule has 7 heteroatoms. The quantitative estimate of drug-likeness (QED) is 0.243. The van der Waals surface area contributed by atoms with Crippen LogP contribution in [-0.2, 0) is 4.84 Å². The molecule has 0 atom stereocenters. The van der Waals surface area contributed by atoms with E-state index in [1.165, 1.54) is 0 Å². The number of hydrogen-bond donors (Lipinski definition) is 5. The van der Waals surface area contributed by atoms with Crippen LogP contribution in [0.2, 0.25) is 0 Å². The third-order valence-electron chi connectivity index (χ3n) is 1.46. The van der Waals surface area contributed by atoms with Crippen molar-refractivity contribution in [3.8, 4) is 0 Å². The second-order valence-electron chi connectivity index (χ2n) is 2.96. The molecular formula is C6H16N2O5. The average Bonchev–Trinajstić information content (AvgIpc) is 1.81. The van der Waals surface area contributed by atoms with Gasteiger partial charge in [0.05, 0.1) is 6.61 Å². The Labute approximate surface area is 75.9 Å². The molecule has 0 heterocycles. The standard InChI is InChI=1S/C6H16N2O5/c1-5(9,10)8(3-4-13-7)6(2,11)12/h9-12H,3-4,7H2,1-2H3. The Hall–Kier alpha value is -0.280. The van der Waals surface area contributed by atoms with Crippen LogP contribution < -0.4 is 5.90 Å². The van der Waals surface area contributed by atoms with E-state index >= 15 is 0 Å². The van der Waals surface area contributed by atoms with Gasteiger partial charge in [0.1, 0.15) is 0 Å². The summed E-state index contributed by atoms with van der Waals surface area (Å²) in [4.78, 5) is 4.78. The Balaban J connectivity index is 4.39. The Bertz CT molecular complexity index is 136. The van der Waals surface area contributed by atoms with E-state index in [4.69, 9.17) is 26.3 Å². The van der Waals surface area contributed by atoms with Crippen LogP contribution in [0.1, 0.15) is 13.8 Å². The van der Waals surface area contributed by atoms with E-state index in [1.807, 2.05) is 0 Å². The molecule has 7 nitrogen and oxygen atoms in total. The van der Waals surface area contributed by atoms with Crippen molar-refractivity contribution in [3.05, 3.63) is 0 Å². The molecule has 13 heavy (non-hydrogen) atoms. The minimum Gasteiger partial charge on any atom is -0.353 e. The summed E-state index contributed by atoms with van der Waals surface area (Å²) < 4.78 is 0. The van der Waals surface area contributed by atoms with Crippen molar-refractivity contribution in [2.24, 2.45) is 5.90 Å². The van der Waals surface area contributed by atoms with Crippen molar-refractivity contribution in [3.63, 3.8) is 0 Å². The maximum absolute atomic E-state index is 9.10. The molecule has 0 aromatic carbocycles. The van der Waals surface area contributed by atoms with Crippen molar-refractivity contribution < 1.29 is 25.3 Å². The zero-order valence-electron chi connectivity index (χ0n) is 7.64. The molecule has 0 fully saturated rings. The second kappa shape index (κ2) is 4.29. The second-order valence-corrected chi connectivity index (χ2v) is 2.96. The van der Waals surface area contributed by atoms with Gasteiger partial charge in [-0.1, -0.05) is 0 Å². The third kappa shape index (κ3) is 4.48. The van der Waals surface area contributed by atoms with Crippen LogP contribution in [0, 0.1) is 0 Å². The van der Waals surface area contributed by atoms with Crippen molar-refractivity contribution in [2.45, 2.75) is 25.7 Å². The lowest BCUT2D eigenvalue weighted by atomic mass is 10.3. The minimum atomic E-state index is -2.35. The monoisotopic (exact) mass is 196 g/mol. The number of hydrogen-bond acceptors (Lipinski definition) is 7. The molecule has 0 aliphatic rings. The molecular weight excluding hydrogens is 180 g/mol. The van der Waals surface area contributed by atoms with Gasteiger partial charge in [-0.25, -0.2) is 5.90 Å². The largest absolute Gasteiger partial charge is 0.353 e. The molecule has 0 unspecified atom stereocenters. The molecule has 0 aliphatic heterocycles. The maximum atomic E-state index is 9.10. The fourth-order valence-electron chi connectivity index (χ4n) is 0.969. The van der Waals surface area contributed by atoms with Gasteiger partial charge < -0.3 is 25.3 Å². The van der Waals surface area contributed by atoms with Crippen molar-refractivity contribution >= 4 is 0 Å². The van der Waals surface area contributed by atoms with Crippen molar-refractivity contribution in [1.82, 2.24) is 4.90 Å². The molecule has 0 rings (SSSR count). The van der Waals surface area contributed by atoms with Crippen LogP contribution in [0.15, 0.2) is 0 Å². The van der Waals surface area contributed by atoms with Gasteiger partial charge in [-0.05, 0) is 0 Å². The van der Waals surface area contributed by atoms with Crippen LogP contribution in [0.3, 0.4) is 0 Å². The summed E-state index contributed by atoms with van der Waals surface area (Å²) in [6.07, 6.45) is 0.